The second-order valence-electron chi connectivity index (χ2n) is 5.98. The number of nitrogens with zero attached hydrogens (tertiary/aromatic N) is 2. The third kappa shape index (κ3) is 4.28. The summed E-state index contributed by atoms with van der Waals surface area (Å²) in [6.07, 6.45) is 6.29. The maximum Gasteiger partial charge on any atom is 0.229 e. The summed E-state index contributed by atoms with van der Waals surface area (Å²) < 4.78 is 5.35. The first-order valence-corrected chi connectivity index (χ1v) is 7.89. The van der Waals surface area contributed by atoms with Gasteiger partial charge in [0.25, 0.3) is 0 Å². The van der Waals surface area contributed by atoms with E-state index in [1.807, 2.05) is 6.92 Å². The van der Waals surface area contributed by atoms with Gasteiger partial charge in [0.05, 0.1) is 0 Å². The van der Waals surface area contributed by atoms with Crippen LogP contribution in [-0.2, 0) is 6.42 Å². The highest BCUT2D eigenvalue weighted by Crippen LogP contribution is 2.32. The smallest absolute Gasteiger partial charge is 0.229 e. The van der Waals surface area contributed by atoms with Crippen molar-refractivity contribution in [2.24, 2.45) is 5.92 Å². The van der Waals surface area contributed by atoms with Crippen molar-refractivity contribution >= 4 is 0 Å². The first-order valence-electron chi connectivity index (χ1n) is 7.89. The van der Waals surface area contributed by atoms with Crippen LogP contribution < -0.4 is 5.32 Å². The normalized spacial score (nSPS) is 24.8. The van der Waals surface area contributed by atoms with Crippen molar-refractivity contribution in [2.45, 2.75) is 64.3 Å². The lowest BCUT2D eigenvalue weighted by Gasteiger charge is -2.28. The average Bonchev–Trinajstić information content (AvgIpc) is 2.95. The van der Waals surface area contributed by atoms with Crippen molar-refractivity contribution in [1.29, 1.82) is 0 Å². The van der Waals surface area contributed by atoms with Gasteiger partial charge in [-0.15, -0.1) is 0 Å². The fourth-order valence-corrected chi connectivity index (χ4v) is 2.81. The van der Waals surface area contributed by atoms with Crippen molar-refractivity contribution in [1.82, 2.24) is 15.5 Å². The molecule has 114 valence electrons. The summed E-state index contributed by atoms with van der Waals surface area (Å²) in [6, 6.07) is 0.598. The number of aromatic nitrogens is 2. The summed E-state index contributed by atoms with van der Waals surface area (Å²) >= 11 is 0. The van der Waals surface area contributed by atoms with Gasteiger partial charge < -0.3 is 14.9 Å². The quantitative estimate of drug-likeness (QED) is 0.802. The predicted molar refractivity (Wildman–Crippen MR) is 77.5 cm³/mol. The molecule has 0 saturated heterocycles. The van der Waals surface area contributed by atoms with Crippen LogP contribution in [0.5, 0.6) is 0 Å². The van der Waals surface area contributed by atoms with Gasteiger partial charge in [-0.3, -0.25) is 0 Å². The molecule has 0 aromatic carbocycles. The molecule has 1 aliphatic rings. The monoisotopic (exact) mass is 281 g/mol. The molecule has 0 bridgehead atoms. The summed E-state index contributed by atoms with van der Waals surface area (Å²) in [5.41, 5.74) is 0. The number of aliphatic hydroxyl groups is 1. The largest absolute Gasteiger partial charge is 0.396 e. The number of aryl methyl sites for hydroxylation is 1. The van der Waals surface area contributed by atoms with E-state index in [1.165, 1.54) is 12.8 Å². The molecule has 20 heavy (non-hydrogen) atoms. The van der Waals surface area contributed by atoms with Gasteiger partial charge in [0.15, 0.2) is 5.82 Å². The van der Waals surface area contributed by atoms with E-state index < -0.39 is 0 Å². The van der Waals surface area contributed by atoms with E-state index in [0.29, 0.717) is 17.9 Å². The van der Waals surface area contributed by atoms with Crippen molar-refractivity contribution in [3.8, 4) is 0 Å². The van der Waals surface area contributed by atoms with Crippen LogP contribution in [-0.4, -0.2) is 34.4 Å². The molecule has 1 atom stereocenters. The van der Waals surface area contributed by atoms with Gasteiger partial charge >= 0.3 is 0 Å². The maximum atomic E-state index is 8.91. The Hall–Kier alpha value is -0.940. The number of aliphatic hydroxyl groups excluding tert-OH is 1. The zero-order chi connectivity index (χ0) is 14.4. The molecule has 0 aliphatic heterocycles. The third-order valence-electron chi connectivity index (χ3n) is 4.25. The van der Waals surface area contributed by atoms with Crippen molar-refractivity contribution in [3.63, 3.8) is 0 Å². The molecule has 5 nitrogen and oxygen atoms in total. The summed E-state index contributed by atoms with van der Waals surface area (Å²) in [6.45, 7) is 5.51. The lowest BCUT2D eigenvalue weighted by atomic mass is 9.85. The number of nitrogens with one attached hydrogen (secondary N) is 1. The summed E-state index contributed by atoms with van der Waals surface area (Å²) in [5, 5.41) is 16.5. The highest BCUT2D eigenvalue weighted by Gasteiger charge is 2.26. The van der Waals surface area contributed by atoms with E-state index in [9.17, 15) is 0 Å². The Morgan fingerprint density at radius 2 is 2.10 bits per heavy atom. The van der Waals surface area contributed by atoms with Crippen LogP contribution in [0.15, 0.2) is 4.52 Å². The molecular weight excluding hydrogens is 254 g/mol. The van der Waals surface area contributed by atoms with E-state index >= 15 is 0 Å². The molecule has 0 spiro atoms. The number of hydrogen-bond donors (Lipinski definition) is 2. The Morgan fingerprint density at radius 1 is 1.35 bits per heavy atom. The van der Waals surface area contributed by atoms with Crippen LogP contribution in [0.25, 0.3) is 0 Å². The van der Waals surface area contributed by atoms with Gasteiger partial charge in [-0.2, -0.15) is 4.98 Å². The van der Waals surface area contributed by atoms with Crippen molar-refractivity contribution in [2.75, 3.05) is 13.2 Å². The number of hydrogen-bond acceptors (Lipinski definition) is 5. The minimum Gasteiger partial charge on any atom is -0.396 e. The molecule has 5 heteroatoms. The Bertz CT molecular complexity index is 386. The lowest BCUT2D eigenvalue weighted by molar-refractivity contribution is 0.246. The summed E-state index contributed by atoms with van der Waals surface area (Å²) in [7, 11) is 0. The second-order valence-corrected chi connectivity index (χ2v) is 5.98. The molecule has 1 aliphatic carbocycles. The molecule has 2 N–H and O–H groups in total. The van der Waals surface area contributed by atoms with Crippen molar-refractivity contribution in [3.05, 3.63) is 11.7 Å². The van der Waals surface area contributed by atoms with E-state index in [1.54, 1.807) is 0 Å². The fourth-order valence-electron chi connectivity index (χ4n) is 2.81. The topological polar surface area (TPSA) is 71.2 Å². The molecule has 1 aromatic rings. The Kier molecular flexibility index (Phi) is 5.98. The molecule has 1 unspecified atom stereocenters. The van der Waals surface area contributed by atoms with Gasteiger partial charge in [-0.25, -0.2) is 0 Å². The summed E-state index contributed by atoms with van der Waals surface area (Å²) in [5.74, 6) is 2.63. The molecule has 1 heterocycles. The summed E-state index contributed by atoms with van der Waals surface area (Å²) in [4.78, 5) is 4.45. The predicted octanol–water partition coefficient (Wildman–Crippen LogP) is 2.27. The van der Waals surface area contributed by atoms with E-state index in [4.69, 9.17) is 9.63 Å². The average molecular weight is 281 g/mol. The van der Waals surface area contributed by atoms with Crippen LogP contribution >= 0.6 is 0 Å². The van der Waals surface area contributed by atoms with Gasteiger partial charge in [-0.1, -0.05) is 19.0 Å². The zero-order valence-electron chi connectivity index (χ0n) is 12.6. The first kappa shape index (κ1) is 15.4. The Morgan fingerprint density at radius 3 is 2.70 bits per heavy atom. The van der Waals surface area contributed by atoms with Crippen LogP contribution in [0.2, 0.25) is 0 Å². The Balaban J connectivity index is 1.72. The lowest BCUT2D eigenvalue weighted by Crippen LogP contribution is -2.35. The molecule has 1 fully saturated rings. The van der Waals surface area contributed by atoms with Gasteiger partial charge in [0.1, 0.15) is 0 Å². The maximum absolute atomic E-state index is 8.91. The first-order chi connectivity index (χ1) is 9.72. The van der Waals surface area contributed by atoms with E-state index in [0.717, 1.165) is 43.9 Å². The number of rotatable bonds is 7. The molecule has 1 saturated carbocycles. The van der Waals surface area contributed by atoms with Gasteiger partial charge in [0.2, 0.25) is 5.89 Å². The minimum absolute atomic E-state index is 0.284. The molecule has 2 rings (SSSR count). The van der Waals surface area contributed by atoms with Crippen LogP contribution in [0.1, 0.15) is 63.6 Å². The standard InChI is InChI=1S/C15H27N3O2/c1-3-14-17-15(20-18-14)12-4-6-13(7-5-12)16-10-11(2)8-9-19/h11-13,16,19H,3-10H2,1-2H3. The van der Waals surface area contributed by atoms with Crippen molar-refractivity contribution < 1.29 is 9.63 Å². The molecule has 0 amide bonds. The van der Waals surface area contributed by atoms with E-state index in [2.05, 4.69) is 22.4 Å². The van der Waals surface area contributed by atoms with Gasteiger partial charge in [0, 0.05) is 25.0 Å². The highest BCUT2D eigenvalue weighted by atomic mass is 16.5. The zero-order valence-corrected chi connectivity index (χ0v) is 12.6. The SMILES string of the molecule is CCc1noc(C2CCC(NCC(C)CCO)CC2)n1. The molecule has 0 radical (unpaired) electrons. The highest BCUT2D eigenvalue weighted by molar-refractivity contribution is 4.97. The fraction of sp³-hybridized carbons (Fsp3) is 0.867. The molecule has 1 aromatic heterocycles. The van der Waals surface area contributed by atoms with Gasteiger partial charge in [-0.05, 0) is 44.6 Å². The Labute approximate surface area is 121 Å². The molecular formula is C15H27N3O2. The van der Waals surface area contributed by atoms with Crippen LogP contribution in [0, 0.1) is 5.92 Å². The van der Waals surface area contributed by atoms with Crippen LogP contribution in [0.4, 0.5) is 0 Å². The van der Waals surface area contributed by atoms with E-state index in [-0.39, 0.29) is 6.61 Å². The third-order valence-corrected chi connectivity index (χ3v) is 4.25. The van der Waals surface area contributed by atoms with Crippen LogP contribution in [0.3, 0.4) is 0 Å². The second kappa shape index (κ2) is 7.74. The minimum atomic E-state index is 0.284.